The summed E-state index contributed by atoms with van der Waals surface area (Å²) in [6.45, 7) is 10.1. The molecule has 18 heavy (non-hydrogen) atoms. The molecule has 1 aromatic rings. The highest BCUT2D eigenvalue weighted by Crippen LogP contribution is 2.21. The number of hydrogen-bond donors (Lipinski definition) is 1. The van der Waals surface area contributed by atoms with E-state index in [2.05, 4.69) is 48.8 Å². The first-order chi connectivity index (χ1) is 8.78. The highest BCUT2D eigenvalue weighted by Gasteiger charge is 2.21. The molecule has 0 aliphatic heterocycles. The number of aryl methyl sites for hydroxylation is 1. The molecule has 1 rings (SSSR count). The van der Waals surface area contributed by atoms with Gasteiger partial charge in [0.15, 0.2) is 0 Å². The average Bonchev–Trinajstić information content (AvgIpc) is 2.85. The second kappa shape index (κ2) is 8.30. The zero-order valence-electron chi connectivity index (χ0n) is 12.4. The van der Waals surface area contributed by atoms with Crippen LogP contribution in [0.5, 0.6) is 0 Å². The van der Waals surface area contributed by atoms with E-state index in [0.717, 1.165) is 19.4 Å². The van der Waals surface area contributed by atoms with E-state index < -0.39 is 0 Å². The summed E-state index contributed by atoms with van der Waals surface area (Å²) in [6, 6.07) is 1.10. The Morgan fingerprint density at radius 2 is 2.00 bits per heavy atom. The molecule has 2 unspecified atom stereocenters. The monoisotopic (exact) mass is 251 g/mol. The smallest absolute Gasteiger partial charge is 0.108 e. The third kappa shape index (κ3) is 3.84. The Hall–Kier alpha value is -0.830. The molecule has 0 aliphatic carbocycles. The van der Waals surface area contributed by atoms with Crippen molar-refractivity contribution in [3.8, 4) is 0 Å². The van der Waals surface area contributed by atoms with Crippen molar-refractivity contribution in [2.45, 2.75) is 71.9 Å². The zero-order valence-corrected chi connectivity index (χ0v) is 12.4. The summed E-state index contributed by atoms with van der Waals surface area (Å²) < 4.78 is 2.38. The molecule has 0 radical (unpaired) electrons. The maximum absolute atomic E-state index is 4.46. The number of nitrogens with zero attached hydrogens (tertiary/aromatic N) is 2. The van der Waals surface area contributed by atoms with E-state index >= 15 is 0 Å². The molecule has 0 spiro atoms. The second-order valence-electron chi connectivity index (χ2n) is 4.93. The van der Waals surface area contributed by atoms with Crippen LogP contribution in [0.2, 0.25) is 0 Å². The first-order valence-electron chi connectivity index (χ1n) is 7.53. The normalized spacial score (nSPS) is 14.7. The summed E-state index contributed by atoms with van der Waals surface area (Å²) in [5, 5.41) is 3.71. The van der Waals surface area contributed by atoms with Crippen molar-refractivity contribution in [1.82, 2.24) is 14.9 Å². The molecule has 1 N–H and O–H groups in total. The Morgan fingerprint density at radius 3 is 2.56 bits per heavy atom. The van der Waals surface area contributed by atoms with Crippen molar-refractivity contribution in [3.63, 3.8) is 0 Å². The van der Waals surface area contributed by atoms with E-state index in [1.165, 1.54) is 25.1 Å². The fraction of sp³-hybridized carbons (Fsp3) is 0.800. The van der Waals surface area contributed by atoms with Gasteiger partial charge in [-0.2, -0.15) is 0 Å². The van der Waals surface area contributed by atoms with Gasteiger partial charge >= 0.3 is 0 Å². The van der Waals surface area contributed by atoms with Crippen LogP contribution in [-0.4, -0.2) is 22.1 Å². The van der Waals surface area contributed by atoms with Crippen molar-refractivity contribution in [2.75, 3.05) is 6.54 Å². The Bertz CT molecular complexity index is 319. The Kier molecular flexibility index (Phi) is 7.02. The van der Waals surface area contributed by atoms with E-state index in [1.54, 1.807) is 0 Å². The molecule has 0 amide bonds. The topological polar surface area (TPSA) is 29.9 Å². The maximum Gasteiger partial charge on any atom is 0.108 e. The number of imidazole rings is 1. The molecule has 0 aliphatic rings. The van der Waals surface area contributed by atoms with Crippen LogP contribution in [0.4, 0.5) is 0 Å². The minimum absolute atomic E-state index is 0.536. The number of aromatic nitrogens is 2. The van der Waals surface area contributed by atoms with Crippen LogP contribution in [0.3, 0.4) is 0 Å². The molecule has 0 fully saturated rings. The van der Waals surface area contributed by atoms with Gasteiger partial charge < -0.3 is 9.88 Å². The van der Waals surface area contributed by atoms with Crippen LogP contribution < -0.4 is 5.32 Å². The molecule has 0 saturated heterocycles. The van der Waals surface area contributed by atoms with Gasteiger partial charge in [0.2, 0.25) is 0 Å². The number of rotatable bonds is 9. The lowest BCUT2D eigenvalue weighted by molar-refractivity contribution is 0.315. The summed E-state index contributed by atoms with van der Waals surface area (Å²) in [4.78, 5) is 4.46. The molecule has 3 heteroatoms. The van der Waals surface area contributed by atoms with Crippen LogP contribution in [0.15, 0.2) is 12.4 Å². The summed E-state index contributed by atoms with van der Waals surface area (Å²) in [7, 11) is 0. The number of nitrogens with one attached hydrogen (secondary N) is 1. The predicted octanol–water partition coefficient (Wildman–Crippen LogP) is 3.56. The molecule has 3 nitrogen and oxygen atoms in total. The first kappa shape index (κ1) is 15.2. The van der Waals surface area contributed by atoms with E-state index in [-0.39, 0.29) is 0 Å². The largest absolute Gasteiger partial charge is 0.330 e. The van der Waals surface area contributed by atoms with Crippen molar-refractivity contribution >= 4 is 0 Å². The van der Waals surface area contributed by atoms with Gasteiger partial charge in [0, 0.05) is 30.9 Å². The Balaban J connectivity index is 2.83. The molecule has 1 aromatic heterocycles. The molecule has 1 heterocycles. The lowest BCUT2D eigenvalue weighted by Crippen LogP contribution is -2.38. The van der Waals surface area contributed by atoms with Gasteiger partial charge in [-0.3, -0.25) is 0 Å². The predicted molar refractivity (Wildman–Crippen MR) is 77.9 cm³/mol. The number of hydrogen-bond acceptors (Lipinski definition) is 2. The van der Waals surface area contributed by atoms with Gasteiger partial charge in [0.1, 0.15) is 5.82 Å². The van der Waals surface area contributed by atoms with E-state index in [4.69, 9.17) is 0 Å². The molecule has 2 atom stereocenters. The lowest BCUT2D eigenvalue weighted by atomic mass is 10.00. The van der Waals surface area contributed by atoms with Gasteiger partial charge in [-0.1, -0.05) is 34.1 Å². The van der Waals surface area contributed by atoms with Crippen molar-refractivity contribution in [3.05, 3.63) is 18.2 Å². The fourth-order valence-corrected chi connectivity index (χ4v) is 2.67. The first-order valence-corrected chi connectivity index (χ1v) is 7.53. The minimum Gasteiger partial charge on any atom is -0.330 e. The minimum atomic E-state index is 0.536. The van der Waals surface area contributed by atoms with Crippen LogP contribution in [0.1, 0.15) is 65.2 Å². The fourth-order valence-electron chi connectivity index (χ4n) is 2.67. The maximum atomic E-state index is 4.46. The van der Waals surface area contributed by atoms with Crippen molar-refractivity contribution in [1.29, 1.82) is 0 Å². The van der Waals surface area contributed by atoms with Crippen LogP contribution in [0, 0.1) is 0 Å². The highest BCUT2D eigenvalue weighted by molar-refractivity contribution is 4.97. The summed E-state index contributed by atoms with van der Waals surface area (Å²) in [5.41, 5.74) is 0. The molecule has 0 aromatic carbocycles. The molecular weight excluding hydrogens is 222 g/mol. The van der Waals surface area contributed by atoms with E-state index in [9.17, 15) is 0 Å². The molecule has 0 bridgehead atoms. The summed E-state index contributed by atoms with van der Waals surface area (Å²) in [6.07, 6.45) is 9.91. The highest BCUT2D eigenvalue weighted by atomic mass is 15.1. The van der Waals surface area contributed by atoms with Gasteiger partial charge in [-0.15, -0.1) is 0 Å². The third-order valence-electron chi connectivity index (χ3n) is 3.56. The third-order valence-corrected chi connectivity index (χ3v) is 3.56. The van der Waals surface area contributed by atoms with Gasteiger partial charge in [-0.05, 0) is 25.8 Å². The lowest BCUT2D eigenvalue weighted by Gasteiger charge is -2.29. The Morgan fingerprint density at radius 1 is 1.22 bits per heavy atom. The van der Waals surface area contributed by atoms with Crippen LogP contribution >= 0.6 is 0 Å². The van der Waals surface area contributed by atoms with Crippen molar-refractivity contribution in [2.24, 2.45) is 0 Å². The molecule has 104 valence electrons. The van der Waals surface area contributed by atoms with Gasteiger partial charge in [0.05, 0.1) is 0 Å². The van der Waals surface area contributed by atoms with Crippen molar-refractivity contribution < 1.29 is 0 Å². The molecule has 0 saturated carbocycles. The molecular formula is C15H29N3. The summed E-state index contributed by atoms with van der Waals surface area (Å²) >= 11 is 0. The zero-order chi connectivity index (χ0) is 13.4. The quantitative estimate of drug-likeness (QED) is 0.727. The van der Waals surface area contributed by atoms with E-state index in [0.29, 0.717) is 12.1 Å². The van der Waals surface area contributed by atoms with Gasteiger partial charge in [0.25, 0.3) is 0 Å². The SMILES string of the molecule is CCCNC(CCC)C(CC)n1ccnc1CC. The van der Waals surface area contributed by atoms with E-state index in [1.807, 2.05) is 6.20 Å². The summed E-state index contributed by atoms with van der Waals surface area (Å²) in [5.74, 6) is 1.21. The second-order valence-corrected chi connectivity index (χ2v) is 4.93. The van der Waals surface area contributed by atoms with Gasteiger partial charge in [-0.25, -0.2) is 4.98 Å². The standard InChI is InChI=1S/C15H29N3/c1-5-9-13(16-10-6-2)14(7-3)18-12-11-17-15(18)8-4/h11-14,16H,5-10H2,1-4H3. The van der Waals surface area contributed by atoms with Crippen LogP contribution in [0.25, 0.3) is 0 Å². The Labute approximate surface area is 112 Å². The average molecular weight is 251 g/mol. The van der Waals surface area contributed by atoms with Crippen LogP contribution in [-0.2, 0) is 6.42 Å².